The highest BCUT2D eigenvalue weighted by molar-refractivity contribution is 5.82. The van der Waals surface area contributed by atoms with E-state index in [1.165, 1.54) is 165 Å². The summed E-state index contributed by atoms with van der Waals surface area (Å²) in [6.07, 6.45) is 36.8. The molecule has 1 aromatic heterocycles. The number of aromatic nitrogens is 3. The van der Waals surface area contributed by atoms with E-state index in [1.54, 1.807) is 0 Å². The quantitative estimate of drug-likeness (QED) is 0.0360. The maximum atomic E-state index is 4.59. The lowest BCUT2D eigenvalue weighted by atomic mass is 10.0. The summed E-state index contributed by atoms with van der Waals surface area (Å²) in [6, 6.07) is 17.4. The maximum absolute atomic E-state index is 4.59. The van der Waals surface area contributed by atoms with E-state index in [0.717, 1.165) is 33.2 Å². The average molecular weight is 782 g/mol. The Morgan fingerprint density at radius 2 is 0.684 bits per heavy atom. The molecular weight excluding hydrogens is 699 g/mol. The van der Waals surface area contributed by atoms with Crippen molar-refractivity contribution >= 4 is 35.7 Å². The molecular formula is C50H83N7+2. The third-order valence-electron chi connectivity index (χ3n) is 11.7. The van der Waals surface area contributed by atoms with E-state index in [0.29, 0.717) is 17.7 Å². The number of nitrogens with zero attached hydrogens (tertiary/aromatic N) is 7. The molecule has 0 N–H and O–H groups in total. The first-order valence-corrected chi connectivity index (χ1v) is 23.3. The van der Waals surface area contributed by atoms with E-state index < -0.39 is 0 Å². The SMILES string of the molecule is CCCCCCCCCCCCCC[N+](C)(C)c1ccc(/C=N/c2nc(C)nc(/N=C/c3ccc([N+](C)(C)CCCCCCCCCCCCCC)cc3)n2)cc1. The Kier molecular flexibility index (Phi) is 23.8. The van der Waals surface area contributed by atoms with Crippen molar-refractivity contribution in [2.24, 2.45) is 9.98 Å². The molecule has 0 aliphatic heterocycles. The first-order valence-electron chi connectivity index (χ1n) is 23.3. The second-order valence-electron chi connectivity index (χ2n) is 17.8. The Balaban J connectivity index is 1.38. The largest absolute Gasteiger partial charge is 0.296 e. The van der Waals surface area contributed by atoms with Crippen molar-refractivity contribution in [1.29, 1.82) is 0 Å². The molecule has 3 rings (SSSR count). The van der Waals surface area contributed by atoms with Crippen LogP contribution in [0.1, 0.15) is 185 Å². The summed E-state index contributed by atoms with van der Waals surface area (Å²) in [4.78, 5) is 22.6. The zero-order valence-electron chi connectivity index (χ0n) is 37.8. The lowest BCUT2D eigenvalue weighted by Crippen LogP contribution is -2.41. The second-order valence-corrected chi connectivity index (χ2v) is 17.8. The number of hydrogen-bond acceptors (Lipinski definition) is 5. The van der Waals surface area contributed by atoms with Gasteiger partial charge >= 0.3 is 0 Å². The lowest BCUT2D eigenvalue weighted by molar-refractivity contribution is 0.380. The van der Waals surface area contributed by atoms with Crippen LogP contribution in [0.15, 0.2) is 58.5 Å². The maximum Gasteiger partial charge on any atom is 0.254 e. The van der Waals surface area contributed by atoms with E-state index in [2.05, 4.69) is 116 Å². The van der Waals surface area contributed by atoms with Gasteiger partial charge in [-0.15, -0.1) is 0 Å². The van der Waals surface area contributed by atoms with Gasteiger partial charge in [0.15, 0.2) is 0 Å². The summed E-state index contributed by atoms with van der Waals surface area (Å²) in [5.41, 5.74) is 4.68. The van der Waals surface area contributed by atoms with Crippen LogP contribution >= 0.6 is 0 Å². The fourth-order valence-corrected chi connectivity index (χ4v) is 7.72. The topological polar surface area (TPSA) is 63.4 Å². The molecule has 0 unspecified atom stereocenters. The van der Waals surface area contributed by atoms with Crippen LogP contribution in [0.5, 0.6) is 0 Å². The van der Waals surface area contributed by atoms with Gasteiger partial charge in [0.05, 0.1) is 41.3 Å². The Morgan fingerprint density at radius 1 is 0.404 bits per heavy atom. The highest BCUT2D eigenvalue weighted by Gasteiger charge is 2.19. The van der Waals surface area contributed by atoms with Crippen LogP contribution in [0, 0.1) is 6.92 Å². The van der Waals surface area contributed by atoms with Crippen LogP contribution < -0.4 is 8.97 Å². The number of unbranched alkanes of at least 4 members (excludes halogenated alkanes) is 22. The van der Waals surface area contributed by atoms with Crippen LogP contribution in [-0.2, 0) is 0 Å². The zero-order valence-corrected chi connectivity index (χ0v) is 37.8. The van der Waals surface area contributed by atoms with Gasteiger partial charge in [-0.2, -0.15) is 15.0 Å². The smallest absolute Gasteiger partial charge is 0.254 e. The van der Waals surface area contributed by atoms with Crippen LogP contribution in [-0.4, -0.2) is 68.7 Å². The number of aliphatic imine (C=N–C) groups is 2. The molecule has 0 bridgehead atoms. The molecule has 2 aromatic carbocycles. The summed E-state index contributed by atoms with van der Waals surface area (Å²) in [6.45, 7) is 8.74. The van der Waals surface area contributed by atoms with Crippen molar-refractivity contribution in [1.82, 2.24) is 23.9 Å². The predicted molar refractivity (Wildman–Crippen MR) is 251 cm³/mol. The molecule has 316 valence electrons. The second kappa shape index (κ2) is 28.2. The molecule has 1 heterocycles. The number of rotatable bonds is 32. The van der Waals surface area contributed by atoms with Crippen molar-refractivity contribution in [2.75, 3.05) is 41.3 Å². The lowest BCUT2D eigenvalue weighted by Gasteiger charge is -2.29. The van der Waals surface area contributed by atoms with Gasteiger partial charge in [-0.25, -0.2) is 9.98 Å². The molecule has 0 fully saturated rings. The number of aryl methyl sites for hydroxylation is 1. The molecule has 0 radical (unpaired) electrons. The summed E-state index contributed by atoms with van der Waals surface area (Å²) in [7, 11) is 9.25. The molecule has 7 nitrogen and oxygen atoms in total. The van der Waals surface area contributed by atoms with Crippen molar-refractivity contribution < 1.29 is 0 Å². The fraction of sp³-hybridized carbons (Fsp3) is 0.660. The molecule has 0 aliphatic rings. The monoisotopic (exact) mass is 782 g/mol. The van der Waals surface area contributed by atoms with Gasteiger partial charge in [-0.1, -0.05) is 142 Å². The summed E-state index contributed by atoms with van der Waals surface area (Å²) < 4.78 is 1.78. The number of benzene rings is 2. The van der Waals surface area contributed by atoms with Gasteiger partial charge in [0.1, 0.15) is 17.2 Å². The van der Waals surface area contributed by atoms with E-state index >= 15 is 0 Å². The molecule has 0 aliphatic carbocycles. The Hall–Kier alpha value is -3.29. The minimum Gasteiger partial charge on any atom is -0.296 e. The molecule has 3 aromatic rings. The van der Waals surface area contributed by atoms with Gasteiger partial charge in [-0.05, 0) is 92.3 Å². The summed E-state index contributed by atoms with van der Waals surface area (Å²) in [5, 5.41) is 0. The molecule has 7 heteroatoms. The van der Waals surface area contributed by atoms with Crippen LogP contribution in [0.3, 0.4) is 0 Å². The number of hydrogen-bond donors (Lipinski definition) is 0. The highest BCUT2D eigenvalue weighted by Crippen LogP contribution is 2.23. The molecule has 0 atom stereocenters. The van der Waals surface area contributed by atoms with Gasteiger partial charge in [0, 0.05) is 12.4 Å². The molecule has 0 saturated heterocycles. The van der Waals surface area contributed by atoms with Crippen LogP contribution in [0.25, 0.3) is 0 Å². The van der Waals surface area contributed by atoms with Crippen LogP contribution in [0.2, 0.25) is 0 Å². The Labute approximate surface area is 350 Å². The highest BCUT2D eigenvalue weighted by atomic mass is 15.3. The van der Waals surface area contributed by atoms with E-state index in [4.69, 9.17) is 0 Å². The Morgan fingerprint density at radius 3 is 0.982 bits per heavy atom. The normalized spacial score (nSPS) is 12.4. The van der Waals surface area contributed by atoms with Crippen molar-refractivity contribution in [2.45, 2.75) is 175 Å². The van der Waals surface area contributed by atoms with Crippen molar-refractivity contribution in [3.63, 3.8) is 0 Å². The average Bonchev–Trinajstić information content (AvgIpc) is 3.20. The van der Waals surface area contributed by atoms with Gasteiger partial charge in [0.25, 0.3) is 11.9 Å². The van der Waals surface area contributed by atoms with E-state index in [1.807, 2.05) is 19.4 Å². The third-order valence-corrected chi connectivity index (χ3v) is 11.7. The molecule has 57 heavy (non-hydrogen) atoms. The fourth-order valence-electron chi connectivity index (χ4n) is 7.72. The van der Waals surface area contributed by atoms with E-state index in [9.17, 15) is 0 Å². The summed E-state index contributed by atoms with van der Waals surface area (Å²) >= 11 is 0. The van der Waals surface area contributed by atoms with E-state index in [-0.39, 0.29) is 0 Å². The zero-order chi connectivity index (χ0) is 41.0. The molecule has 0 amide bonds. The van der Waals surface area contributed by atoms with Crippen LogP contribution in [0.4, 0.5) is 23.3 Å². The molecule has 0 saturated carbocycles. The van der Waals surface area contributed by atoms with Crippen molar-refractivity contribution in [3.8, 4) is 0 Å². The first kappa shape index (κ1) is 48.1. The van der Waals surface area contributed by atoms with Gasteiger partial charge in [0.2, 0.25) is 0 Å². The molecule has 0 spiro atoms. The minimum atomic E-state index is 0.369. The van der Waals surface area contributed by atoms with Gasteiger partial charge in [-0.3, -0.25) is 8.97 Å². The minimum absolute atomic E-state index is 0.369. The third kappa shape index (κ3) is 20.8. The number of quaternary nitrogens is 2. The first-order chi connectivity index (χ1) is 27.6. The van der Waals surface area contributed by atoms with Crippen molar-refractivity contribution in [3.05, 3.63) is 65.5 Å². The van der Waals surface area contributed by atoms with Gasteiger partial charge < -0.3 is 0 Å². The Bertz CT molecular complexity index is 1410. The summed E-state index contributed by atoms with van der Waals surface area (Å²) in [5.74, 6) is 1.34. The standard InChI is InChI=1S/C50H83N7/c1-8-10-12-14-16-18-20-22-24-26-28-30-40-56(4,5)47-36-32-45(33-37-47)42-51-49-53-44(3)54-50(55-49)52-43-46-34-38-48(39-35-46)57(6,7)41-31-29-27-25-23-21-19-17-15-13-11-9-2/h32-39,42-43H,8-31,40-41H2,1-7H3/q+2/b51-42+,52-43+. The predicted octanol–water partition coefficient (Wildman–Crippen LogP) is 14.2.